The van der Waals surface area contributed by atoms with E-state index in [0.717, 1.165) is 5.56 Å². The van der Waals surface area contributed by atoms with Crippen LogP contribution in [0.15, 0.2) is 35.4 Å². The molecule has 1 unspecified atom stereocenters. The molecule has 0 saturated heterocycles. The highest BCUT2D eigenvalue weighted by Crippen LogP contribution is 2.49. The lowest BCUT2D eigenvalue weighted by molar-refractivity contribution is -0.119. The minimum atomic E-state index is -2.96. The lowest BCUT2D eigenvalue weighted by Crippen LogP contribution is -2.21. The molecule has 0 bridgehead atoms. The molecule has 0 radical (unpaired) electrons. The highest BCUT2D eigenvalue weighted by atomic mass is 19.3. The van der Waals surface area contributed by atoms with Crippen LogP contribution in [0.1, 0.15) is 37.1 Å². The van der Waals surface area contributed by atoms with Crippen LogP contribution in [-0.4, -0.2) is 31.5 Å². The molecule has 31 heavy (non-hydrogen) atoms. The monoisotopic (exact) mass is 428 g/mol. The van der Waals surface area contributed by atoms with Crippen LogP contribution >= 0.6 is 0 Å². The number of nitrogens with zero attached hydrogens (tertiary/aromatic N) is 3. The van der Waals surface area contributed by atoms with Crippen LogP contribution < -0.4 is 10.9 Å². The van der Waals surface area contributed by atoms with Gasteiger partial charge >= 0.3 is 0 Å². The molecule has 1 aliphatic carbocycles. The Morgan fingerprint density at radius 3 is 2.61 bits per heavy atom. The summed E-state index contributed by atoms with van der Waals surface area (Å²) >= 11 is 0. The molecule has 3 aromatic rings. The van der Waals surface area contributed by atoms with Crippen molar-refractivity contribution >= 4 is 22.6 Å². The van der Waals surface area contributed by atoms with Gasteiger partial charge in [0.1, 0.15) is 11.7 Å². The van der Waals surface area contributed by atoms with Crippen LogP contribution in [0.4, 0.5) is 14.6 Å². The highest BCUT2D eigenvalue weighted by molar-refractivity contribution is 5.96. The van der Waals surface area contributed by atoms with E-state index in [1.54, 1.807) is 25.4 Å². The maximum Gasteiger partial charge on any atom is 0.260 e. The number of pyridine rings is 3. The number of nitrogens with one attached hydrogen (secondary N) is 1. The number of hydrogen-bond acceptors (Lipinski definition) is 5. The predicted octanol–water partition coefficient (Wildman–Crippen LogP) is 3.34. The van der Waals surface area contributed by atoms with Crippen molar-refractivity contribution in [1.29, 1.82) is 0 Å². The SMILES string of the molecule is CCC(O)c1cc(C)c(-c2cc3cnc(NC(=O)[C@@H]4CC4(F)F)cc3n(C)c2=O)cn1. The summed E-state index contributed by atoms with van der Waals surface area (Å²) in [5.41, 5.74) is 2.64. The fourth-order valence-corrected chi connectivity index (χ4v) is 3.59. The average Bonchev–Trinajstić information content (AvgIpc) is 3.39. The van der Waals surface area contributed by atoms with Crippen LogP contribution in [-0.2, 0) is 11.8 Å². The molecule has 1 aliphatic rings. The maximum atomic E-state index is 13.1. The van der Waals surface area contributed by atoms with Gasteiger partial charge in [0.05, 0.1) is 17.3 Å². The van der Waals surface area contributed by atoms with Crippen molar-refractivity contribution in [1.82, 2.24) is 14.5 Å². The van der Waals surface area contributed by atoms with E-state index in [1.165, 1.54) is 16.8 Å². The molecule has 3 aromatic heterocycles. The third-order valence-electron chi connectivity index (χ3n) is 5.65. The standard InChI is InChI=1S/C22H22F2N4O3/c1-4-18(29)16-5-11(2)14(10-25-16)13-6-12-9-26-19(7-17(12)28(3)21(13)31)27-20(30)15-8-22(15,23)24/h5-7,9-10,15,18,29H,4,8H2,1-3H3,(H,26,27,30)/t15-,18?/m0/s1. The summed E-state index contributed by atoms with van der Waals surface area (Å²) < 4.78 is 27.6. The molecule has 4 rings (SSSR count). The summed E-state index contributed by atoms with van der Waals surface area (Å²) in [6.45, 7) is 3.70. The number of alkyl halides is 2. The summed E-state index contributed by atoms with van der Waals surface area (Å²) in [6, 6.07) is 4.94. The van der Waals surface area contributed by atoms with Crippen LogP contribution in [0.2, 0.25) is 0 Å². The van der Waals surface area contributed by atoms with E-state index in [1.807, 2.05) is 13.8 Å². The zero-order valence-corrected chi connectivity index (χ0v) is 17.3. The number of carbonyl (C=O) groups excluding carboxylic acids is 1. The topological polar surface area (TPSA) is 97.1 Å². The van der Waals surface area contributed by atoms with E-state index in [2.05, 4.69) is 15.3 Å². The summed E-state index contributed by atoms with van der Waals surface area (Å²) in [6.07, 6.45) is 2.46. The van der Waals surface area contributed by atoms with Crippen molar-refractivity contribution in [3.05, 3.63) is 52.2 Å². The number of amides is 1. The van der Waals surface area contributed by atoms with Crippen molar-refractivity contribution in [3.63, 3.8) is 0 Å². The first kappa shape index (κ1) is 21.0. The largest absolute Gasteiger partial charge is 0.387 e. The number of hydrogen-bond donors (Lipinski definition) is 2. The molecule has 1 saturated carbocycles. The fourth-order valence-electron chi connectivity index (χ4n) is 3.59. The molecule has 1 fully saturated rings. The van der Waals surface area contributed by atoms with E-state index >= 15 is 0 Å². The predicted molar refractivity (Wildman–Crippen MR) is 112 cm³/mol. The van der Waals surface area contributed by atoms with E-state index in [-0.39, 0.29) is 11.4 Å². The molecule has 162 valence electrons. The Kier molecular flexibility index (Phi) is 5.09. The molecule has 3 heterocycles. The molecule has 1 amide bonds. The van der Waals surface area contributed by atoms with Crippen LogP contribution in [0.25, 0.3) is 22.0 Å². The molecule has 0 spiro atoms. The second-order valence-electron chi connectivity index (χ2n) is 7.91. The van der Waals surface area contributed by atoms with Crippen LogP contribution in [0, 0.1) is 12.8 Å². The molecular weight excluding hydrogens is 406 g/mol. The quantitative estimate of drug-likeness (QED) is 0.650. The van der Waals surface area contributed by atoms with Gasteiger partial charge < -0.3 is 15.0 Å². The number of halogens is 2. The van der Waals surface area contributed by atoms with Crippen molar-refractivity contribution in [2.45, 2.75) is 38.7 Å². The third kappa shape index (κ3) is 3.81. The van der Waals surface area contributed by atoms with Gasteiger partial charge in [0, 0.05) is 48.4 Å². The number of anilines is 1. The summed E-state index contributed by atoms with van der Waals surface area (Å²) in [5, 5.41) is 13.0. The zero-order chi connectivity index (χ0) is 22.5. The zero-order valence-electron chi connectivity index (χ0n) is 17.3. The summed E-state index contributed by atoms with van der Waals surface area (Å²) in [4.78, 5) is 33.4. The second kappa shape index (κ2) is 7.49. The molecule has 2 N–H and O–H groups in total. The van der Waals surface area contributed by atoms with E-state index in [0.29, 0.717) is 34.1 Å². The van der Waals surface area contributed by atoms with Gasteiger partial charge in [0.15, 0.2) is 0 Å². The smallest absolute Gasteiger partial charge is 0.260 e. The van der Waals surface area contributed by atoms with Crippen molar-refractivity contribution < 1.29 is 18.7 Å². The summed E-state index contributed by atoms with van der Waals surface area (Å²) in [7, 11) is 1.59. The molecule has 0 aromatic carbocycles. The number of fused-ring (bicyclic) bond motifs is 1. The molecular formula is C22H22F2N4O3. The Morgan fingerprint density at radius 1 is 1.29 bits per heavy atom. The van der Waals surface area contributed by atoms with Gasteiger partial charge in [-0.2, -0.15) is 0 Å². The van der Waals surface area contributed by atoms with Gasteiger partial charge in [-0.3, -0.25) is 14.6 Å². The van der Waals surface area contributed by atoms with Crippen LogP contribution in [0.5, 0.6) is 0 Å². The Bertz CT molecular complexity index is 1260. The van der Waals surface area contributed by atoms with E-state index in [4.69, 9.17) is 0 Å². The lowest BCUT2D eigenvalue weighted by Gasteiger charge is -2.14. The van der Waals surface area contributed by atoms with Gasteiger partial charge in [0.25, 0.3) is 11.5 Å². The van der Waals surface area contributed by atoms with Crippen LogP contribution in [0.3, 0.4) is 0 Å². The molecule has 0 aliphatic heterocycles. The van der Waals surface area contributed by atoms with Crippen molar-refractivity contribution in [3.8, 4) is 11.1 Å². The minimum Gasteiger partial charge on any atom is -0.387 e. The van der Waals surface area contributed by atoms with Crippen molar-refractivity contribution in [2.24, 2.45) is 13.0 Å². The lowest BCUT2D eigenvalue weighted by atomic mass is 10.0. The first-order valence-electron chi connectivity index (χ1n) is 9.96. The number of carbonyl (C=O) groups is 1. The molecule has 9 heteroatoms. The van der Waals surface area contributed by atoms with Crippen molar-refractivity contribution in [2.75, 3.05) is 5.32 Å². The third-order valence-corrected chi connectivity index (χ3v) is 5.65. The van der Waals surface area contributed by atoms with E-state index < -0.39 is 30.3 Å². The number of aliphatic hydroxyl groups excluding tert-OH is 1. The number of aliphatic hydroxyl groups is 1. The average molecular weight is 428 g/mol. The van der Waals surface area contributed by atoms with Gasteiger partial charge in [-0.15, -0.1) is 0 Å². The van der Waals surface area contributed by atoms with Gasteiger partial charge in [0.2, 0.25) is 5.91 Å². The fraction of sp³-hybridized carbons (Fsp3) is 0.364. The van der Waals surface area contributed by atoms with E-state index in [9.17, 15) is 23.5 Å². The first-order chi connectivity index (χ1) is 14.6. The number of aryl methyl sites for hydroxylation is 2. The Balaban J connectivity index is 1.71. The Hall–Kier alpha value is -3.20. The van der Waals surface area contributed by atoms with Gasteiger partial charge in [-0.1, -0.05) is 6.92 Å². The molecule has 2 atom stereocenters. The highest BCUT2D eigenvalue weighted by Gasteiger charge is 2.61. The van der Waals surface area contributed by atoms with Gasteiger partial charge in [-0.05, 0) is 31.0 Å². The number of rotatable bonds is 5. The first-order valence-corrected chi connectivity index (χ1v) is 9.96. The normalized spacial score (nSPS) is 18.1. The second-order valence-corrected chi connectivity index (χ2v) is 7.91. The number of aromatic nitrogens is 3. The Morgan fingerprint density at radius 2 is 2.00 bits per heavy atom. The molecule has 7 nitrogen and oxygen atoms in total. The minimum absolute atomic E-state index is 0.110. The van der Waals surface area contributed by atoms with Gasteiger partial charge in [-0.25, -0.2) is 13.8 Å². The maximum absolute atomic E-state index is 13.1. The Labute approximate surface area is 176 Å². The summed E-state index contributed by atoms with van der Waals surface area (Å²) in [5.74, 6) is -4.97.